The second-order valence-corrected chi connectivity index (χ2v) is 5.71. The Hall–Kier alpha value is -0.0500. The molecule has 1 atom stereocenters. The zero-order chi connectivity index (χ0) is 10.9. The van der Waals surface area contributed by atoms with Crippen LogP contribution >= 0.6 is 28.3 Å². The highest BCUT2D eigenvalue weighted by atomic mass is 79.9. The van der Waals surface area contributed by atoms with E-state index in [1.807, 2.05) is 0 Å². The second kappa shape index (κ2) is 5.33. The quantitative estimate of drug-likeness (QED) is 0.824. The third kappa shape index (κ3) is 3.78. The number of aryl methyl sites for hydroxylation is 1. The van der Waals surface area contributed by atoms with Gasteiger partial charge in [0.05, 0.1) is 0 Å². The first-order valence-corrected chi connectivity index (χ1v) is 5.63. The Balaban J connectivity index is 0.00000196. The fourth-order valence-electron chi connectivity index (χ4n) is 1.36. The van der Waals surface area contributed by atoms with Crippen LogP contribution in [0.5, 0.6) is 0 Å². The number of rotatable bonds is 1. The fraction of sp³-hybridized carbons (Fsp3) is 0.500. The van der Waals surface area contributed by atoms with Crippen molar-refractivity contribution >= 4 is 28.3 Å². The minimum atomic E-state index is 0. The molecule has 0 saturated heterocycles. The maximum absolute atomic E-state index is 6.18. The van der Waals surface area contributed by atoms with Gasteiger partial charge in [-0.2, -0.15) is 0 Å². The summed E-state index contributed by atoms with van der Waals surface area (Å²) in [7, 11) is 0. The molecule has 1 rings (SSSR count). The molecule has 3 heteroatoms. The molecule has 1 unspecified atom stereocenters. The second-order valence-electron chi connectivity index (χ2n) is 4.85. The molecule has 0 amide bonds. The van der Waals surface area contributed by atoms with E-state index >= 15 is 0 Å². The molecule has 0 aliphatic carbocycles. The van der Waals surface area contributed by atoms with Crippen LogP contribution in [0.1, 0.15) is 37.9 Å². The molecular weight excluding hydrogens is 273 g/mol. The number of benzene rings is 1. The SMILES string of the molecule is Cc1cc(C(N)C(C)(C)C)ccc1Br.Cl. The summed E-state index contributed by atoms with van der Waals surface area (Å²) in [6.45, 7) is 8.57. The Bertz CT molecular complexity index is 331. The van der Waals surface area contributed by atoms with Gasteiger partial charge in [0.15, 0.2) is 0 Å². The van der Waals surface area contributed by atoms with Gasteiger partial charge in [-0.3, -0.25) is 0 Å². The zero-order valence-electron chi connectivity index (χ0n) is 9.67. The lowest BCUT2D eigenvalue weighted by Gasteiger charge is -2.27. The standard InChI is InChI=1S/C12H18BrN.ClH/c1-8-7-9(5-6-10(8)13)11(14)12(2,3)4;/h5-7,11H,14H2,1-4H3;1H. The van der Waals surface area contributed by atoms with Crippen molar-refractivity contribution in [1.29, 1.82) is 0 Å². The molecule has 15 heavy (non-hydrogen) atoms. The van der Waals surface area contributed by atoms with E-state index in [1.165, 1.54) is 11.1 Å². The van der Waals surface area contributed by atoms with Gasteiger partial charge < -0.3 is 5.73 Å². The van der Waals surface area contributed by atoms with Crippen LogP contribution in [0, 0.1) is 12.3 Å². The van der Waals surface area contributed by atoms with Crippen LogP contribution in [0.15, 0.2) is 22.7 Å². The average Bonchev–Trinajstić information content (AvgIpc) is 2.07. The van der Waals surface area contributed by atoms with Crippen LogP contribution in [-0.2, 0) is 0 Å². The molecule has 0 spiro atoms. The molecule has 0 heterocycles. The summed E-state index contributed by atoms with van der Waals surface area (Å²) in [5, 5.41) is 0. The maximum atomic E-state index is 6.18. The minimum Gasteiger partial charge on any atom is -0.324 e. The van der Waals surface area contributed by atoms with Crippen LogP contribution < -0.4 is 5.73 Å². The molecule has 86 valence electrons. The van der Waals surface area contributed by atoms with Crippen molar-refractivity contribution in [3.05, 3.63) is 33.8 Å². The third-order valence-electron chi connectivity index (χ3n) is 2.47. The summed E-state index contributed by atoms with van der Waals surface area (Å²) in [6.07, 6.45) is 0. The maximum Gasteiger partial charge on any atom is 0.0344 e. The van der Waals surface area contributed by atoms with Gasteiger partial charge in [-0.25, -0.2) is 0 Å². The summed E-state index contributed by atoms with van der Waals surface area (Å²) in [5.74, 6) is 0. The van der Waals surface area contributed by atoms with Gasteiger partial charge in [0.2, 0.25) is 0 Å². The van der Waals surface area contributed by atoms with E-state index in [0.29, 0.717) is 0 Å². The van der Waals surface area contributed by atoms with E-state index in [0.717, 1.165) is 4.47 Å². The van der Waals surface area contributed by atoms with Crippen molar-refractivity contribution in [1.82, 2.24) is 0 Å². The predicted octanol–water partition coefficient (Wildman–Crippen LogP) is 4.23. The number of halogens is 2. The largest absolute Gasteiger partial charge is 0.324 e. The minimum absolute atomic E-state index is 0. The molecule has 1 aromatic rings. The lowest BCUT2D eigenvalue weighted by atomic mass is 9.83. The average molecular weight is 293 g/mol. The molecule has 0 radical (unpaired) electrons. The van der Waals surface area contributed by atoms with Crippen LogP contribution in [0.3, 0.4) is 0 Å². The summed E-state index contributed by atoms with van der Waals surface area (Å²) >= 11 is 3.49. The van der Waals surface area contributed by atoms with Crippen molar-refractivity contribution < 1.29 is 0 Å². The first kappa shape index (κ1) is 14.9. The summed E-state index contributed by atoms with van der Waals surface area (Å²) < 4.78 is 1.14. The monoisotopic (exact) mass is 291 g/mol. The highest BCUT2D eigenvalue weighted by Gasteiger charge is 2.22. The van der Waals surface area contributed by atoms with Gasteiger partial charge in [0.25, 0.3) is 0 Å². The van der Waals surface area contributed by atoms with Gasteiger partial charge in [0, 0.05) is 10.5 Å². The van der Waals surface area contributed by atoms with Crippen LogP contribution in [-0.4, -0.2) is 0 Å². The highest BCUT2D eigenvalue weighted by molar-refractivity contribution is 9.10. The van der Waals surface area contributed by atoms with Crippen LogP contribution in [0.2, 0.25) is 0 Å². The Kier molecular flexibility index (Phi) is 5.31. The Morgan fingerprint density at radius 3 is 2.20 bits per heavy atom. The summed E-state index contributed by atoms with van der Waals surface area (Å²) in [5.41, 5.74) is 8.73. The molecular formula is C12H19BrClN. The van der Waals surface area contributed by atoms with Gasteiger partial charge in [-0.1, -0.05) is 48.8 Å². The normalized spacial score (nSPS) is 13.2. The van der Waals surface area contributed by atoms with Crippen molar-refractivity contribution in [2.45, 2.75) is 33.7 Å². The molecule has 1 nitrogen and oxygen atoms in total. The third-order valence-corrected chi connectivity index (χ3v) is 3.36. The first-order valence-electron chi connectivity index (χ1n) is 4.84. The van der Waals surface area contributed by atoms with Crippen molar-refractivity contribution in [2.24, 2.45) is 11.1 Å². The van der Waals surface area contributed by atoms with E-state index in [2.05, 4.69) is 61.8 Å². The van der Waals surface area contributed by atoms with Crippen molar-refractivity contribution in [3.63, 3.8) is 0 Å². The molecule has 0 bridgehead atoms. The summed E-state index contributed by atoms with van der Waals surface area (Å²) in [6, 6.07) is 6.40. The smallest absolute Gasteiger partial charge is 0.0344 e. The van der Waals surface area contributed by atoms with E-state index in [1.54, 1.807) is 0 Å². The number of nitrogens with two attached hydrogens (primary N) is 1. The molecule has 1 aromatic carbocycles. The molecule has 0 aliphatic rings. The first-order chi connectivity index (χ1) is 6.32. The van der Waals surface area contributed by atoms with Crippen LogP contribution in [0.4, 0.5) is 0 Å². The van der Waals surface area contributed by atoms with Crippen LogP contribution in [0.25, 0.3) is 0 Å². The van der Waals surface area contributed by atoms with E-state index in [9.17, 15) is 0 Å². The number of hydrogen-bond donors (Lipinski definition) is 1. The lowest BCUT2D eigenvalue weighted by Crippen LogP contribution is -2.26. The van der Waals surface area contributed by atoms with Crippen molar-refractivity contribution in [2.75, 3.05) is 0 Å². The molecule has 0 fully saturated rings. The highest BCUT2D eigenvalue weighted by Crippen LogP contribution is 2.31. The van der Waals surface area contributed by atoms with Crippen molar-refractivity contribution in [3.8, 4) is 0 Å². The van der Waals surface area contributed by atoms with Gasteiger partial charge >= 0.3 is 0 Å². The summed E-state index contributed by atoms with van der Waals surface area (Å²) in [4.78, 5) is 0. The van der Waals surface area contributed by atoms with E-state index in [-0.39, 0.29) is 23.9 Å². The Morgan fingerprint density at radius 1 is 1.27 bits per heavy atom. The van der Waals surface area contributed by atoms with Gasteiger partial charge in [-0.15, -0.1) is 12.4 Å². The molecule has 0 aliphatic heterocycles. The zero-order valence-corrected chi connectivity index (χ0v) is 12.1. The number of hydrogen-bond acceptors (Lipinski definition) is 1. The molecule has 2 N–H and O–H groups in total. The van der Waals surface area contributed by atoms with E-state index in [4.69, 9.17) is 5.73 Å². The topological polar surface area (TPSA) is 26.0 Å². The molecule has 0 aromatic heterocycles. The Labute approximate surface area is 107 Å². The fourth-order valence-corrected chi connectivity index (χ4v) is 1.61. The van der Waals surface area contributed by atoms with E-state index < -0.39 is 0 Å². The predicted molar refractivity (Wildman–Crippen MR) is 72.5 cm³/mol. The van der Waals surface area contributed by atoms with Gasteiger partial charge in [-0.05, 0) is 29.5 Å². The lowest BCUT2D eigenvalue weighted by molar-refractivity contribution is 0.327. The Morgan fingerprint density at radius 2 is 1.80 bits per heavy atom. The molecule has 0 saturated carbocycles. The van der Waals surface area contributed by atoms with Gasteiger partial charge in [0.1, 0.15) is 0 Å².